The van der Waals surface area contributed by atoms with E-state index in [1.807, 2.05) is 13.0 Å². The highest BCUT2D eigenvalue weighted by atomic mass is 19.1. The molecule has 0 spiro atoms. The van der Waals surface area contributed by atoms with E-state index < -0.39 is 0 Å². The van der Waals surface area contributed by atoms with Gasteiger partial charge in [-0.15, -0.1) is 0 Å². The van der Waals surface area contributed by atoms with Crippen LogP contribution in [0.5, 0.6) is 0 Å². The van der Waals surface area contributed by atoms with Gasteiger partial charge in [0, 0.05) is 11.7 Å². The van der Waals surface area contributed by atoms with Crippen molar-refractivity contribution in [2.75, 3.05) is 5.32 Å². The molecule has 0 aliphatic heterocycles. The van der Waals surface area contributed by atoms with Gasteiger partial charge in [0.1, 0.15) is 5.82 Å². The topological polar surface area (TPSA) is 12.0 Å². The molecule has 1 aliphatic carbocycles. The molecule has 2 rings (SSSR count). The van der Waals surface area contributed by atoms with Gasteiger partial charge in [-0.05, 0) is 49.4 Å². The Balaban J connectivity index is 2.10. The van der Waals surface area contributed by atoms with E-state index in [0.717, 1.165) is 11.3 Å². The maximum atomic E-state index is 13.2. The van der Waals surface area contributed by atoms with Crippen molar-refractivity contribution in [2.45, 2.75) is 39.2 Å². The predicted molar refractivity (Wildman–Crippen MR) is 61.6 cm³/mol. The standard InChI is InChI=1S/C13H18FN/c1-9-6-11(14)8-12(7-9)15-13-5-3-4-10(13)2/h6-8,10,13,15H,3-5H2,1-2H3. The molecule has 1 nitrogen and oxygen atoms in total. The molecule has 1 aliphatic rings. The van der Waals surface area contributed by atoms with Crippen molar-refractivity contribution < 1.29 is 4.39 Å². The summed E-state index contributed by atoms with van der Waals surface area (Å²) in [6.07, 6.45) is 3.77. The second-order valence-electron chi connectivity index (χ2n) is 4.68. The van der Waals surface area contributed by atoms with E-state index in [1.165, 1.54) is 19.3 Å². The summed E-state index contributed by atoms with van der Waals surface area (Å²) in [6.45, 7) is 4.18. The molecule has 0 saturated heterocycles. The lowest BCUT2D eigenvalue weighted by Crippen LogP contribution is -2.21. The van der Waals surface area contributed by atoms with Gasteiger partial charge in [-0.3, -0.25) is 0 Å². The third kappa shape index (κ3) is 2.49. The zero-order chi connectivity index (χ0) is 10.8. The first-order valence-electron chi connectivity index (χ1n) is 5.69. The first-order valence-corrected chi connectivity index (χ1v) is 5.69. The highest BCUT2D eigenvalue weighted by Gasteiger charge is 2.22. The van der Waals surface area contributed by atoms with E-state index in [4.69, 9.17) is 0 Å². The van der Waals surface area contributed by atoms with Crippen molar-refractivity contribution in [1.29, 1.82) is 0 Å². The zero-order valence-electron chi connectivity index (χ0n) is 9.39. The second kappa shape index (κ2) is 4.21. The Kier molecular flexibility index (Phi) is 2.94. The molecule has 15 heavy (non-hydrogen) atoms. The molecule has 0 bridgehead atoms. The summed E-state index contributed by atoms with van der Waals surface area (Å²) < 4.78 is 13.2. The average molecular weight is 207 g/mol. The fourth-order valence-electron chi connectivity index (χ4n) is 2.39. The predicted octanol–water partition coefficient (Wildman–Crippen LogP) is 3.73. The minimum atomic E-state index is -0.150. The number of rotatable bonds is 2. The summed E-state index contributed by atoms with van der Waals surface area (Å²) in [6, 6.07) is 5.67. The summed E-state index contributed by atoms with van der Waals surface area (Å²) in [5, 5.41) is 3.43. The van der Waals surface area contributed by atoms with Crippen molar-refractivity contribution in [3.8, 4) is 0 Å². The quantitative estimate of drug-likeness (QED) is 0.779. The molecule has 1 fully saturated rings. The number of nitrogens with one attached hydrogen (secondary N) is 1. The fourth-order valence-corrected chi connectivity index (χ4v) is 2.39. The van der Waals surface area contributed by atoms with Crippen LogP contribution in [0.2, 0.25) is 0 Å². The molecule has 2 atom stereocenters. The Labute approximate surface area is 90.7 Å². The first kappa shape index (κ1) is 10.5. The van der Waals surface area contributed by atoms with Crippen molar-refractivity contribution in [2.24, 2.45) is 5.92 Å². The third-order valence-corrected chi connectivity index (χ3v) is 3.26. The summed E-state index contributed by atoms with van der Waals surface area (Å²) in [4.78, 5) is 0. The normalized spacial score (nSPS) is 25.5. The number of halogens is 1. The Morgan fingerprint density at radius 1 is 1.27 bits per heavy atom. The van der Waals surface area contributed by atoms with Gasteiger partial charge in [-0.25, -0.2) is 4.39 Å². The summed E-state index contributed by atoms with van der Waals surface area (Å²) >= 11 is 0. The van der Waals surface area contributed by atoms with Crippen LogP contribution in [0.3, 0.4) is 0 Å². The van der Waals surface area contributed by atoms with Crippen LogP contribution in [-0.2, 0) is 0 Å². The van der Waals surface area contributed by atoms with Crippen LogP contribution in [0.15, 0.2) is 18.2 Å². The van der Waals surface area contributed by atoms with Crippen LogP contribution in [0, 0.1) is 18.7 Å². The maximum Gasteiger partial charge on any atom is 0.125 e. The van der Waals surface area contributed by atoms with Gasteiger partial charge in [0.25, 0.3) is 0 Å². The fraction of sp³-hybridized carbons (Fsp3) is 0.538. The van der Waals surface area contributed by atoms with Crippen LogP contribution in [0.1, 0.15) is 31.7 Å². The van der Waals surface area contributed by atoms with E-state index in [1.54, 1.807) is 12.1 Å². The molecular formula is C13H18FN. The molecule has 1 saturated carbocycles. The molecule has 0 amide bonds. The Bertz CT molecular complexity index is 328. The zero-order valence-corrected chi connectivity index (χ0v) is 9.39. The molecule has 82 valence electrons. The number of aryl methyl sites for hydroxylation is 1. The molecule has 0 aromatic heterocycles. The largest absolute Gasteiger partial charge is 0.382 e. The number of benzene rings is 1. The first-order chi connectivity index (χ1) is 7.15. The molecule has 1 aromatic carbocycles. The highest BCUT2D eigenvalue weighted by Crippen LogP contribution is 2.28. The van der Waals surface area contributed by atoms with Crippen molar-refractivity contribution in [1.82, 2.24) is 0 Å². The van der Waals surface area contributed by atoms with Gasteiger partial charge in [-0.1, -0.05) is 13.3 Å². The smallest absolute Gasteiger partial charge is 0.125 e. The van der Waals surface area contributed by atoms with Gasteiger partial charge >= 0.3 is 0 Å². The Morgan fingerprint density at radius 2 is 2.07 bits per heavy atom. The van der Waals surface area contributed by atoms with Crippen LogP contribution < -0.4 is 5.32 Å². The van der Waals surface area contributed by atoms with E-state index >= 15 is 0 Å². The lowest BCUT2D eigenvalue weighted by Gasteiger charge is -2.19. The monoisotopic (exact) mass is 207 g/mol. The van der Waals surface area contributed by atoms with Crippen LogP contribution in [-0.4, -0.2) is 6.04 Å². The lowest BCUT2D eigenvalue weighted by atomic mass is 10.1. The van der Waals surface area contributed by atoms with Crippen LogP contribution in [0.4, 0.5) is 10.1 Å². The minimum absolute atomic E-state index is 0.150. The lowest BCUT2D eigenvalue weighted by molar-refractivity contribution is 0.555. The molecule has 1 aromatic rings. The summed E-state index contributed by atoms with van der Waals surface area (Å²) in [5.74, 6) is 0.553. The molecular weight excluding hydrogens is 189 g/mol. The molecule has 0 radical (unpaired) electrons. The van der Waals surface area contributed by atoms with Crippen molar-refractivity contribution >= 4 is 5.69 Å². The van der Waals surface area contributed by atoms with Crippen molar-refractivity contribution in [3.05, 3.63) is 29.6 Å². The molecule has 1 N–H and O–H groups in total. The number of hydrogen-bond acceptors (Lipinski definition) is 1. The van der Waals surface area contributed by atoms with E-state index in [-0.39, 0.29) is 5.82 Å². The van der Waals surface area contributed by atoms with Gasteiger partial charge in [0.2, 0.25) is 0 Å². The minimum Gasteiger partial charge on any atom is -0.382 e. The van der Waals surface area contributed by atoms with Gasteiger partial charge < -0.3 is 5.32 Å². The SMILES string of the molecule is Cc1cc(F)cc(NC2CCCC2C)c1. The Morgan fingerprint density at radius 3 is 2.67 bits per heavy atom. The van der Waals surface area contributed by atoms with Crippen LogP contribution in [0.25, 0.3) is 0 Å². The summed E-state index contributed by atoms with van der Waals surface area (Å²) in [5.41, 5.74) is 1.90. The van der Waals surface area contributed by atoms with Crippen LogP contribution >= 0.6 is 0 Å². The third-order valence-electron chi connectivity index (χ3n) is 3.26. The number of hydrogen-bond donors (Lipinski definition) is 1. The van der Waals surface area contributed by atoms with E-state index in [2.05, 4.69) is 12.2 Å². The maximum absolute atomic E-state index is 13.2. The second-order valence-corrected chi connectivity index (χ2v) is 4.68. The van der Waals surface area contributed by atoms with E-state index in [9.17, 15) is 4.39 Å². The molecule has 2 unspecified atom stereocenters. The van der Waals surface area contributed by atoms with Crippen molar-refractivity contribution in [3.63, 3.8) is 0 Å². The Hall–Kier alpha value is -1.05. The summed E-state index contributed by atoms with van der Waals surface area (Å²) in [7, 11) is 0. The highest BCUT2D eigenvalue weighted by molar-refractivity contribution is 5.47. The molecule has 0 heterocycles. The van der Waals surface area contributed by atoms with Gasteiger partial charge in [0.15, 0.2) is 0 Å². The number of anilines is 1. The van der Waals surface area contributed by atoms with Gasteiger partial charge in [-0.2, -0.15) is 0 Å². The average Bonchev–Trinajstić information content (AvgIpc) is 2.50. The van der Waals surface area contributed by atoms with E-state index in [0.29, 0.717) is 12.0 Å². The van der Waals surface area contributed by atoms with Gasteiger partial charge in [0.05, 0.1) is 0 Å². The molecule has 2 heteroatoms.